The van der Waals surface area contributed by atoms with E-state index in [0.29, 0.717) is 6.07 Å². The van der Waals surface area contributed by atoms with Crippen LogP contribution in [-0.4, -0.2) is 5.91 Å². The molecule has 0 fully saturated rings. The van der Waals surface area contributed by atoms with Crippen LogP contribution in [-0.2, 0) is 11.0 Å². The van der Waals surface area contributed by atoms with Crippen molar-refractivity contribution in [3.8, 4) is 12.1 Å². The zero-order chi connectivity index (χ0) is 14.6. The third-order valence-electron chi connectivity index (χ3n) is 2.25. The molecule has 1 rings (SSSR count). The lowest BCUT2D eigenvalue weighted by molar-refractivity contribution is -0.138. The molecule has 1 N–H and O–H groups in total. The van der Waals surface area contributed by atoms with Gasteiger partial charge in [-0.25, -0.2) is 0 Å². The first kappa shape index (κ1) is 14.5. The number of hydrogen-bond donors (Lipinski definition) is 1. The first-order valence-electron chi connectivity index (χ1n) is 5.07. The summed E-state index contributed by atoms with van der Waals surface area (Å²) in [4.78, 5) is 10.8. The Kier molecular flexibility index (Phi) is 4.13. The molecule has 0 aliphatic rings. The third-order valence-corrected chi connectivity index (χ3v) is 2.25. The highest BCUT2D eigenvalue weighted by Gasteiger charge is 2.35. The lowest BCUT2D eigenvalue weighted by atomic mass is 9.95. The number of nitriles is 2. The van der Waals surface area contributed by atoms with Crippen LogP contribution in [0.25, 0.3) is 0 Å². The second-order valence-electron chi connectivity index (χ2n) is 3.67. The molecule has 0 heterocycles. The molecule has 98 valence electrons. The molecule has 0 bridgehead atoms. The predicted octanol–water partition coefficient (Wildman–Crippen LogP) is 2.79. The van der Waals surface area contributed by atoms with E-state index in [-0.39, 0.29) is 5.69 Å². The summed E-state index contributed by atoms with van der Waals surface area (Å²) < 4.78 is 38.6. The molecule has 1 aromatic rings. The number of amides is 1. The molecule has 0 saturated carbocycles. The second-order valence-corrected chi connectivity index (χ2v) is 3.67. The standard InChI is InChI=1S/C12H8F3N3O/c1-7(19)18-9-2-3-10(8(5-16)6-17)11(4-9)12(13,14)15/h2-4,8H,1H3,(H,18,19). The number of nitrogens with one attached hydrogen (secondary N) is 1. The van der Waals surface area contributed by atoms with Crippen LogP contribution in [0.3, 0.4) is 0 Å². The summed E-state index contributed by atoms with van der Waals surface area (Å²) >= 11 is 0. The molecule has 7 heteroatoms. The van der Waals surface area contributed by atoms with Crippen molar-refractivity contribution < 1.29 is 18.0 Å². The van der Waals surface area contributed by atoms with Crippen molar-refractivity contribution in [1.29, 1.82) is 10.5 Å². The Morgan fingerprint density at radius 2 is 1.89 bits per heavy atom. The SMILES string of the molecule is CC(=O)Nc1ccc(C(C#N)C#N)c(C(F)(F)F)c1. The molecule has 0 aliphatic heterocycles. The second kappa shape index (κ2) is 5.40. The number of alkyl halides is 3. The number of anilines is 1. The van der Waals surface area contributed by atoms with Gasteiger partial charge in [-0.2, -0.15) is 23.7 Å². The van der Waals surface area contributed by atoms with Gasteiger partial charge in [-0.15, -0.1) is 0 Å². The summed E-state index contributed by atoms with van der Waals surface area (Å²) in [6, 6.07) is 5.93. The molecule has 0 atom stereocenters. The summed E-state index contributed by atoms with van der Waals surface area (Å²) in [6.45, 7) is 1.16. The molecule has 19 heavy (non-hydrogen) atoms. The fourth-order valence-corrected chi connectivity index (χ4v) is 1.50. The minimum atomic E-state index is -4.71. The van der Waals surface area contributed by atoms with Gasteiger partial charge in [0.25, 0.3) is 0 Å². The molecular formula is C12H8F3N3O. The van der Waals surface area contributed by atoms with Crippen LogP contribution in [0.4, 0.5) is 18.9 Å². The number of benzene rings is 1. The van der Waals surface area contributed by atoms with E-state index in [1.54, 1.807) is 0 Å². The highest BCUT2D eigenvalue weighted by atomic mass is 19.4. The maximum absolute atomic E-state index is 12.9. The lowest BCUT2D eigenvalue weighted by Crippen LogP contribution is -2.13. The molecular weight excluding hydrogens is 259 g/mol. The van der Waals surface area contributed by atoms with Crippen molar-refractivity contribution in [2.45, 2.75) is 19.0 Å². The third kappa shape index (κ3) is 3.46. The summed E-state index contributed by atoms with van der Waals surface area (Å²) in [5.41, 5.74) is -1.57. The van der Waals surface area contributed by atoms with E-state index in [2.05, 4.69) is 5.32 Å². The number of rotatable bonds is 2. The highest BCUT2D eigenvalue weighted by molar-refractivity contribution is 5.88. The van der Waals surface area contributed by atoms with E-state index in [1.165, 1.54) is 18.2 Å². The van der Waals surface area contributed by atoms with E-state index in [1.807, 2.05) is 0 Å². The normalized spacial score (nSPS) is 10.7. The van der Waals surface area contributed by atoms with Crippen LogP contribution in [0, 0.1) is 22.7 Å². The van der Waals surface area contributed by atoms with Gasteiger partial charge < -0.3 is 5.32 Å². The van der Waals surface area contributed by atoms with Crippen molar-refractivity contribution in [2.75, 3.05) is 5.32 Å². The Morgan fingerprint density at radius 1 is 1.32 bits per heavy atom. The minimum absolute atomic E-state index is 0.0433. The van der Waals surface area contributed by atoms with Crippen LogP contribution in [0.5, 0.6) is 0 Å². The zero-order valence-corrected chi connectivity index (χ0v) is 9.75. The number of nitrogens with zero attached hydrogens (tertiary/aromatic N) is 2. The molecule has 0 spiro atoms. The summed E-state index contributed by atoms with van der Waals surface area (Å²) in [5.74, 6) is -2.03. The fourth-order valence-electron chi connectivity index (χ4n) is 1.50. The van der Waals surface area contributed by atoms with E-state index < -0.39 is 29.1 Å². The van der Waals surface area contributed by atoms with Gasteiger partial charge in [0.1, 0.15) is 0 Å². The van der Waals surface area contributed by atoms with Gasteiger partial charge in [-0.05, 0) is 17.7 Å². The molecule has 4 nitrogen and oxygen atoms in total. The van der Waals surface area contributed by atoms with Crippen LogP contribution >= 0.6 is 0 Å². The first-order chi connectivity index (χ1) is 8.79. The topological polar surface area (TPSA) is 76.7 Å². The lowest BCUT2D eigenvalue weighted by Gasteiger charge is -2.14. The monoisotopic (exact) mass is 267 g/mol. The van der Waals surface area contributed by atoms with E-state index >= 15 is 0 Å². The average molecular weight is 267 g/mol. The molecule has 0 aromatic heterocycles. The number of halogens is 3. The Morgan fingerprint density at radius 3 is 2.32 bits per heavy atom. The molecule has 0 unspecified atom stereocenters. The van der Waals surface area contributed by atoms with E-state index in [0.717, 1.165) is 13.0 Å². The number of hydrogen-bond acceptors (Lipinski definition) is 3. The van der Waals surface area contributed by atoms with Crippen molar-refractivity contribution in [3.05, 3.63) is 29.3 Å². The molecule has 1 amide bonds. The average Bonchev–Trinajstić information content (AvgIpc) is 2.30. The Labute approximate surface area is 107 Å². The largest absolute Gasteiger partial charge is 0.416 e. The quantitative estimate of drug-likeness (QED) is 0.895. The van der Waals surface area contributed by atoms with E-state index in [4.69, 9.17) is 10.5 Å². The molecule has 0 radical (unpaired) electrons. The smallest absolute Gasteiger partial charge is 0.326 e. The number of carbonyl (C=O) groups is 1. The van der Waals surface area contributed by atoms with Crippen LogP contribution in [0.2, 0.25) is 0 Å². The van der Waals surface area contributed by atoms with Crippen molar-refractivity contribution in [2.24, 2.45) is 0 Å². The van der Waals surface area contributed by atoms with E-state index in [9.17, 15) is 18.0 Å². The van der Waals surface area contributed by atoms with Crippen LogP contribution < -0.4 is 5.32 Å². The van der Waals surface area contributed by atoms with Gasteiger partial charge in [0.2, 0.25) is 5.91 Å². The maximum atomic E-state index is 12.9. The van der Waals surface area contributed by atoms with Crippen LogP contribution in [0.15, 0.2) is 18.2 Å². The Bertz CT molecular complexity index is 567. The van der Waals surface area contributed by atoms with Crippen LogP contribution in [0.1, 0.15) is 24.0 Å². The van der Waals surface area contributed by atoms with Gasteiger partial charge in [0.05, 0.1) is 17.7 Å². The maximum Gasteiger partial charge on any atom is 0.416 e. The Balaban J connectivity index is 3.38. The van der Waals surface area contributed by atoms with Crippen molar-refractivity contribution in [3.63, 3.8) is 0 Å². The fraction of sp³-hybridized carbons (Fsp3) is 0.250. The van der Waals surface area contributed by atoms with Gasteiger partial charge in [0.15, 0.2) is 5.92 Å². The highest BCUT2D eigenvalue weighted by Crippen LogP contribution is 2.36. The van der Waals surface area contributed by atoms with Gasteiger partial charge in [0, 0.05) is 12.6 Å². The summed E-state index contributed by atoms with van der Waals surface area (Å²) in [6.07, 6.45) is -4.71. The minimum Gasteiger partial charge on any atom is -0.326 e. The Hall–Kier alpha value is -2.54. The molecule has 0 saturated heterocycles. The molecule has 0 aliphatic carbocycles. The van der Waals surface area contributed by atoms with Gasteiger partial charge in [-0.3, -0.25) is 4.79 Å². The zero-order valence-electron chi connectivity index (χ0n) is 9.75. The van der Waals surface area contributed by atoms with Crippen molar-refractivity contribution >= 4 is 11.6 Å². The predicted molar refractivity (Wildman–Crippen MR) is 59.7 cm³/mol. The molecule has 1 aromatic carbocycles. The number of carbonyl (C=O) groups excluding carboxylic acids is 1. The van der Waals surface area contributed by atoms with Gasteiger partial charge in [-0.1, -0.05) is 6.07 Å². The summed E-state index contributed by atoms with van der Waals surface area (Å²) in [7, 11) is 0. The first-order valence-corrected chi connectivity index (χ1v) is 5.07. The van der Waals surface area contributed by atoms with Gasteiger partial charge >= 0.3 is 6.18 Å². The summed E-state index contributed by atoms with van der Waals surface area (Å²) in [5, 5.41) is 19.6. The van der Waals surface area contributed by atoms with Crippen molar-refractivity contribution in [1.82, 2.24) is 0 Å².